The zero-order valence-corrected chi connectivity index (χ0v) is 14.7. The number of hydrogen-bond acceptors (Lipinski definition) is 5. The van der Waals surface area contributed by atoms with Crippen LogP contribution in [-0.2, 0) is 16.4 Å². The lowest BCUT2D eigenvalue weighted by Crippen LogP contribution is -2.33. The van der Waals surface area contributed by atoms with Crippen LogP contribution in [0.15, 0.2) is 59.5 Å². The van der Waals surface area contributed by atoms with Gasteiger partial charge in [-0.1, -0.05) is 30.3 Å². The van der Waals surface area contributed by atoms with Crippen LogP contribution >= 0.6 is 0 Å². The molecule has 1 aliphatic rings. The molecule has 0 saturated carbocycles. The topological polar surface area (TPSA) is 104 Å². The van der Waals surface area contributed by atoms with Crippen molar-refractivity contribution in [1.29, 1.82) is 0 Å². The summed E-state index contributed by atoms with van der Waals surface area (Å²) in [5.74, 6) is 0.520. The number of aliphatic hydroxyl groups is 1. The third kappa shape index (κ3) is 3.81. The Morgan fingerprint density at radius 1 is 1.08 bits per heavy atom. The maximum atomic E-state index is 12.7. The van der Waals surface area contributed by atoms with Crippen molar-refractivity contribution in [2.75, 3.05) is 13.1 Å². The number of sulfone groups is 1. The molecule has 2 N–H and O–H groups in total. The summed E-state index contributed by atoms with van der Waals surface area (Å²) in [4.78, 5) is 11.9. The summed E-state index contributed by atoms with van der Waals surface area (Å²) in [6, 6.07) is 15.5. The highest BCUT2D eigenvalue weighted by Gasteiger charge is 2.42. The van der Waals surface area contributed by atoms with Crippen LogP contribution in [0, 0.1) is 0 Å². The fourth-order valence-electron chi connectivity index (χ4n) is 2.86. The number of rotatable bonds is 5. The average Bonchev–Trinajstić information content (AvgIpc) is 3.04. The van der Waals surface area contributed by atoms with Crippen molar-refractivity contribution >= 4 is 15.9 Å². The van der Waals surface area contributed by atoms with Crippen LogP contribution in [0.25, 0.3) is 0 Å². The van der Waals surface area contributed by atoms with Crippen molar-refractivity contribution in [3.8, 4) is 5.75 Å². The number of benzene rings is 2. The van der Waals surface area contributed by atoms with Crippen molar-refractivity contribution in [3.05, 3.63) is 60.2 Å². The van der Waals surface area contributed by atoms with E-state index in [2.05, 4.69) is 0 Å². The minimum atomic E-state index is -3.85. The van der Waals surface area contributed by atoms with Gasteiger partial charge in [0.25, 0.3) is 0 Å². The summed E-state index contributed by atoms with van der Waals surface area (Å²) in [6.07, 6.45) is -2.49. The largest absolute Gasteiger partial charge is 0.489 e. The second-order valence-corrected chi connectivity index (χ2v) is 8.25. The van der Waals surface area contributed by atoms with Gasteiger partial charge in [-0.05, 0) is 29.8 Å². The van der Waals surface area contributed by atoms with Gasteiger partial charge in [-0.25, -0.2) is 13.2 Å². The van der Waals surface area contributed by atoms with Crippen LogP contribution in [0.3, 0.4) is 0 Å². The van der Waals surface area contributed by atoms with Crippen molar-refractivity contribution in [1.82, 2.24) is 4.90 Å². The Bertz CT molecular complexity index is 866. The lowest BCUT2D eigenvalue weighted by atomic mass is 10.2. The fraction of sp³-hybridized carbons (Fsp3) is 0.278. The maximum Gasteiger partial charge on any atom is 0.407 e. The van der Waals surface area contributed by atoms with E-state index in [1.165, 1.54) is 12.1 Å². The number of carboxylic acid groups (broad SMARTS) is 1. The lowest BCUT2D eigenvalue weighted by Gasteiger charge is -2.15. The molecule has 0 radical (unpaired) electrons. The highest BCUT2D eigenvalue weighted by molar-refractivity contribution is 7.92. The molecule has 2 unspecified atom stereocenters. The van der Waals surface area contributed by atoms with Gasteiger partial charge in [0.05, 0.1) is 17.5 Å². The third-order valence-electron chi connectivity index (χ3n) is 4.31. The minimum Gasteiger partial charge on any atom is -0.489 e. The normalized spacial score (nSPS) is 20.1. The molecule has 26 heavy (non-hydrogen) atoms. The van der Waals surface area contributed by atoms with Crippen LogP contribution in [0.5, 0.6) is 5.75 Å². The Kier molecular flexibility index (Phi) is 5.15. The van der Waals surface area contributed by atoms with E-state index in [9.17, 15) is 18.3 Å². The van der Waals surface area contributed by atoms with Crippen LogP contribution in [-0.4, -0.2) is 54.1 Å². The molecule has 0 bridgehead atoms. The lowest BCUT2D eigenvalue weighted by molar-refractivity contribution is 0.140. The van der Waals surface area contributed by atoms with Gasteiger partial charge in [0.15, 0.2) is 9.84 Å². The summed E-state index contributed by atoms with van der Waals surface area (Å²) in [5, 5.41) is 17.8. The molecule has 8 heteroatoms. The molecule has 2 aromatic rings. The Hall–Kier alpha value is -2.58. The number of nitrogens with zero attached hydrogens (tertiary/aromatic N) is 1. The predicted octanol–water partition coefficient (Wildman–Crippen LogP) is 1.76. The summed E-state index contributed by atoms with van der Waals surface area (Å²) in [7, 11) is -3.85. The molecule has 2 atom stereocenters. The number of ether oxygens (including phenoxy) is 1. The molecule has 7 nitrogen and oxygen atoms in total. The van der Waals surface area contributed by atoms with E-state index in [1.54, 1.807) is 12.1 Å². The molecule has 1 aliphatic heterocycles. The third-order valence-corrected chi connectivity index (χ3v) is 6.50. The molecule has 3 rings (SSSR count). The van der Waals surface area contributed by atoms with Crippen LogP contribution in [0.4, 0.5) is 4.79 Å². The molecular weight excluding hydrogens is 358 g/mol. The van der Waals surface area contributed by atoms with Crippen molar-refractivity contribution < 1.29 is 28.2 Å². The quantitative estimate of drug-likeness (QED) is 0.823. The first kappa shape index (κ1) is 18.2. The van der Waals surface area contributed by atoms with E-state index < -0.39 is 27.3 Å². The van der Waals surface area contributed by atoms with Crippen molar-refractivity contribution in [3.63, 3.8) is 0 Å². The second kappa shape index (κ2) is 7.35. The molecule has 0 aromatic heterocycles. The Labute approximate surface area is 151 Å². The highest BCUT2D eigenvalue weighted by atomic mass is 32.2. The van der Waals surface area contributed by atoms with Gasteiger partial charge >= 0.3 is 6.09 Å². The average molecular weight is 377 g/mol. The molecule has 0 aliphatic carbocycles. The van der Waals surface area contributed by atoms with Gasteiger partial charge in [-0.2, -0.15) is 0 Å². The first-order chi connectivity index (χ1) is 12.4. The van der Waals surface area contributed by atoms with E-state index in [-0.39, 0.29) is 18.0 Å². The minimum absolute atomic E-state index is 0.0286. The van der Waals surface area contributed by atoms with Gasteiger partial charge in [-0.15, -0.1) is 0 Å². The number of hydrogen-bond donors (Lipinski definition) is 2. The molecule has 1 heterocycles. The SMILES string of the molecule is O=C(O)N1CC(O)C(S(=O)(=O)c2ccc(OCc3ccccc3)cc2)C1. The summed E-state index contributed by atoms with van der Waals surface area (Å²) in [6.45, 7) is -0.0928. The van der Waals surface area contributed by atoms with Gasteiger partial charge in [-0.3, -0.25) is 0 Å². The van der Waals surface area contributed by atoms with E-state index in [4.69, 9.17) is 9.84 Å². The van der Waals surface area contributed by atoms with Gasteiger partial charge in [0.2, 0.25) is 0 Å². The fourth-order valence-corrected chi connectivity index (χ4v) is 4.60. The van der Waals surface area contributed by atoms with E-state index in [0.717, 1.165) is 10.5 Å². The van der Waals surface area contributed by atoms with E-state index in [1.807, 2.05) is 30.3 Å². The van der Waals surface area contributed by atoms with Gasteiger partial charge < -0.3 is 19.8 Å². The standard InChI is InChI=1S/C18H19NO6S/c20-16-10-19(18(21)22)11-17(16)26(23,24)15-8-6-14(7-9-15)25-12-13-4-2-1-3-5-13/h1-9,16-17,20H,10-12H2,(H,21,22). The number of aliphatic hydroxyl groups excluding tert-OH is 1. The second-order valence-electron chi connectivity index (χ2n) is 6.08. The number of carbonyl (C=O) groups is 1. The first-order valence-electron chi connectivity index (χ1n) is 8.04. The van der Waals surface area contributed by atoms with Crippen LogP contribution in [0.2, 0.25) is 0 Å². The number of β-amino-alcohol motifs (C(OH)–C–C–N with tert-alkyl or cyclic N) is 1. The Morgan fingerprint density at radius 2 is 1.73 bits per heavy atom. The van der Waals surface area contributed by atoms with Crippen LogP contribution < -0.4 is 4.74 Å². The predicted molar refractivity (Wildman–Crippen MR) is 93.8 cm³/mol. The zero-order chi connectivity index (χ0) is 18.7. The van der Waals surface area contributed by atoms with Crippen molar-refractivity contribution in [2.24, 2.45) is 0 Å². The summed E-state index contributed by atoms with van der Waals surface area (Å²) < 4.78 is 31.0. The van der Waals surface area contributed by atoms with Crippen molar-refractivity contribution in [2.45, 2.75) is 22.9 Å². The number of likely N-dealkylation sites (tertiary alicyclic amines) is 1. The molecule has 1 fully saturated rings. The van der Waals surface area contributed by atoms with Crippen LogP contribution in [0.1, 0.15) is 5.56 Å². The smallest absolute Gasteiger partial charge is 0.407 e. The molecule has 0 spiro atoms. The Balaban J connectivity index is 1.70. The van der Waals surface area contributed by atoms with E-state index >= 15 is 0 Å². The first-order valence-corrected chi connectivity index (χ1v) is 9.59. The molecular formula is C18H19NO6S. The van der Waals surface area contributed by atoms with E-state index in [0.29, 0.717) is 12.4 Å². The monoisotopic (exact) mass is 377 g/mol. The highest BCUT2D eigenvalue weighted by Crippen LogP contribution is 2.26. The maximum absolute atomic E-state index is 12.7. The molecule has 138 valence electrons. The molecule has 1 saturated heterocycles. The Morgan fingerprint density at radius 3 is 2.31 bits per heavy atom. The van der Waals surface area contributed by atoms with Gasteiger partial charge in [0, 0.05) is 6.54 Å². The summed E-state index contributed by atoms with van der Waals surface area (Å²) in [5.41, 5.74) is 0.993. The number of amides is 1. The van der Waals surface area contributed by atoms with Gasteiger partial charge in [0.1, 0.15) is 17.6 Å². The zero-order valence-electron chi connectivity index (χ0n) is 13.9. The summed E-state index contributed by atoms with van der Waals surface area (Å²) >= 11 is 0. The molecule has 2 aromatic carbocycles. The molecule has 1 amide bonds.